The highest BCUT2D eigenvalue weighted by Gasteiger charge is 2.27. The molecule has 90 valence electrons. The molecule has 0 bridgehead atoms. The van der Waals surface area contributed by atoms with Gasteiger partial charge in [-0.1, -0.05) is 0 Å². The van der Waals surface area contributed by atoms with E-state index >= 15 is 0 Å². The van der Waals surface area contributed by atoms with Crippen molar-refractivity contribution in [2.45, 2.75) is 25.2 Å². The second-order valence-corrected chi connectivity index (χ2v) is 4.98. The number of halogens is 1. The van der Waals surface area contributed by atoms with Crippen LogP contribution in [-0.4, -0.2) is 37.3 Å². The number of aliphatic hydroxyl groups is 1. The van der Waals surface area contributed by atoms with Crippen LogP contribution in [-0.2, 0) is 4.74 Å². The van der Waals surface area contributed by atoms with Crippen molar-refractivity contribution in [2.75, 3.05) is 6.61 Å². The summed E-state index contributed by atoms with van der Waals surface area (Å²) in [6.45, 7) is 0.0651. The molecule has 2 aromatic heterocycles. The van der Waals surface area contributed by atoms with Gasteiger partial charge in [0, 0.05) is 0 Å². The number of hydrogen-bond donors (Lipinski definition) is 1. The molecule has 2 aromatic rings. The third-order valence-corrected chi connectivity index (χ3v) is 3.70. The molecule has 3 heterocycles. The molecule has 0 spiro atoms. The molecular weight excluding hydrogens is 335 g/mol. The maximum atomic E-state index is 9.06. The van der Waals surface area contributed by atoms with Crippen molar-refractivity contribution in [3.63, 3.8) is 0 Å². The highest BCUT2D eigenvalue weighted by molar-refractivity contribution is 14.1. The number of ether oxygens (including phenoxy) is 1. The molecule has 1 aliphatic heterocycles. The van der Waals surface area contributed by atoms with Gasteiger partial charge in [0.15, 0.2) is 5.65 Å². The van der Waals surface area contributed by atoms with Crippen LogP contribution in [0, 0.1) is 3.70 Å². The first-order valence-corrected chi connectivity index (χ1v) is 6.47. The standard InChI is InChI=1S/C10H11IN4O2/c11-9-8-10(13-4-12-9)15(5-14-8)7-2-1-6(3-16)17-7/h4-7,16H,1-3H2/t6-,7?/m0/s1. The molecule has 3 rings (SSSR count). The lowest BCUT2D eigenvalue weighted by Crippen LogP contribution is -2.14. The summed E-state index contributed by atoms with van der Waals surface area (Å²) in [5, 5.41) is 9.06. The molecule has 0 aromatic carbocycles. The highest BCUT2D eigenvalue weighted by Crippen LogP contribution is 2.30. The van der Waals surface area contributed by atoms with Crippen molar-refractivity contribution in [2.24, 2.45) is 0 Å². The van der Waals surface area contributed by atoms with Crippen molar-refractivity contribution < 1.29 is 9.84 Å². The SMILES string of the molecule is OC[C@@H]1CCC(n2cnc3c(I)ncnc32)O1. The van der Waals surface area contributed by atoms with Crippen molar-refractivity contribution in [1.29, 1.82) is 0 Å². The smallest absolute Gasteiger partial charge is 0.166 e. The van der Waals surface area contributed by atoms with E-state index in [9.17, 15) is 0 Å². The highest BCUT2D eigenvalue weighted by atomic mass is 127. The summed E-state index contributed by atoms with van der Waals surface area (Å²) >= 11 is 2.14. The van der Waals surface area contributed by atoms with Crippen molar-refractivity contribution in [3.8, 4) is 0 Å². The summed E-state index contributed by atoms with van der Waals surface area (Å²) < 4.78 is 8.46. The molecule has 0 radical (unpaired) electrons. The van der Waals surface area contributed by atoms with Crippen LogP contribution in [0.3, 0.4) is 0 Å². The van der Waals surface area contributed by atoms with E-state index in [4.69, 9.17) is 9.84 Å². The Kier molecular flexibility index (Phi) is 2.97. The summed E-state index contributed by atoms with van der Waals surface area (Å²) in [6.07, 6.45) is 4.84. The fourth-order valence-corrected chi connectivity index (χ4v) is 2.56. The molecule has 0 aliphatic carbocycles. The zero-order chi connectivity index (χ0) is 11.8. The third kappa shape index (κ3) is 1.91. The molecule has 1 N–H and O–H groups in total. The molecule has 1 fully saturated rings. The summed E-state index contributed by atoms with van der Waals surface area (Å²) in [4.78, 5) is 12.6. The van der Waals surface area contributed by atoms with Gasteiger partial charge in [0.2, 0.25) is 0 Å². The van der Waals surface area contributed by atoms with Crippen LogP contribution in [0.2, 0.25) is 0 Å². The van der Waals surface area contributed by atoms with E-state index < -0.39 is 0 Å². The number of rotatable bonds is 2. The second kappa shape index (κ2) is 4.46. The minimum atomic E-state index is -0.0807. The number of imidazole rings is 1. The maximum Gasteiger partial charge on any atom is 0.166 e. The number of aromatic nitrogens is 4. The normalized spacial score (nSPS) is 24.6. The van der Waals surface area contributed by atoms with E-state index in [-0.39, 0.29) is 18.9 Å². The van der Waals surface area contributed by atoms with E-state index in [0.29, 0.717) is 0 Å². The van der Waals surface area contributed by atoms with Crippen LogP contribution in [0.15, 0.2) is 12.7 Å². The third-order valence-electron chi connectivity index (χ3n) is 2.91. The molecule has 1 unspecified atom stereocenters. The van der Waals surface area contributed by atoms with Gasteiger partial charge in [-0.15, -0.1) is 0 Å². The number of nitrogens with zero attached hydrogens (tertiary/aromatic N) is 4. The summed E-state index contributed by atoms with van der Waals surface area (Å²) in [5.74, 6) is 0. The van der Waals surface area contributed by atoms with Crippen LogP contribution in [0.4, 0.5) is 0 Å². The molecule has 1 aliphatic rings. The largest absolute Gasteiger partial charge is 0.394 e. The van der Waals surface area contributed by atoms with Gasteiger partial charge >= 0.3 is 0 Å². The lowest BCUT2D eigenvalue weighted by atomic mass is 10.2. The molecular formula is C10H11IN4O2. The first kappa shape index (κ1) is 11.3. The predicted octanol–water partition coefficient (Wildman–Crippen LogP) is 1.10. The quantitative estimate of drug-likeness (QED) is 0.651. The van der Waals surface area contributed by atoms with Crippen molar-refractivity contribution in [3.05, 3.63) is 16.4 Å². The van der Waals surface area contributed by atoms with Crippen LogP contribution >= 0.6 is 22.6 Å². The number of aliphatic hydroxyl groups excluding tert-OH is 1. The van der Waals surface area contributed by atoms with E-state index in [1.54, 1.807) is 6.33 Å². The van der Waals surface area contributed by atoms with Crippen LogP contribution < -0.4 is 0 Å². The van der Waals surface area contributed by atoms with Gasteiger partial charge in [0.1, 0.15) is 21.8 Å². The molecule has 0 amide bonds. The van der Waals surface area contributed by atoms with E-state index in [0.717, 1.165) is 27.7 Å². The van der Waals surface area contributed by atoms with Gasteiger partial charge in [-0.3, -0.25) is 4.57 Å². The summed E-state index contributed by atoms with van der Waals surface area (Å²) in [6, 6.07) is 0. The fourth-order valence-electron chi connectivity index (χ4n) is 2.06. The molecule has 1 saturated heterocycles. The van der Waals surface area contributed by atoms with Crippen molar-refractivity contribution in [1.82, 2.24) is 19.5 Å². The van der Waals surface area contributed by atoms with Crippen molar-refractivity contribution >= 4 is 33.8 Å². The average Bonchev–Trinajstić information content (AvgIpc) is 2.94. The molecule has 17 heavy (non-hydrogen) atoms. The van der Waals surface area contributed by atoms with E-state index in [2.05, 4.69) is 37.5 Å². The average molecular weight is 346 g/mol. The van der Waals surface area contributed by atoms with Gasteiger partial charge in [-0.2, -0.15) is 0 Å². The zero-order valence-corrected chi connectivity index (χ0v) is 11.1. The van der Waals surface area contributed by atoms with Gasteiger partial charge < -0.3 is 9.84 Å². The molecule has 2 atom stereocenters. The minimum Gasteiger partial charge on any atom is -0.394 e. The molecule has 0 saturated carbocycles. The molecule has 6 nitrogen and oxygen atoms in total. The Bertz CT molecular complexity index is 544. The summed E-state index contributed by atoms with van der Waals surface area (Å²) in [7, 11) is 0. The van der Waals surface area contributed by atoms with Crippen LogP contribution in [0.1, 0.15) is 19.1 Å². The lowest BCUT2D eigenvalue weighted by molar-refractivity contribution is -0.0207. The lowest BCUT2D eigenvalue weighted by Gasteiger charge is -2.13. The Morgan fingerprint density at radius 1 is 1.41 bits per heavy atom. The topological polar surface area (TPSA) is 73.1 Å². The second-order valence-electron chi connectivity index (χ2n) is 3.96. The Hall–Kier alpha value is -0.800. The van der Waals surface area contributed by atoms with Gasteiger partial charge in [0.05, 0.1) is 19.0 Å². The summed E-state index contributed by atoms with van der Waals surface area (Å²) in [5.41, 5.74) is 1.58. The maximum absolute atomic E-state index is 9.06. The zero-order valence-electron chi connectivity index (χ0n) is 8.95. The first-order valence-electron chi connectivity index (χ1n) is 5.39. The Labute approximate surface area is 111 Å². The van der Waals surface area contributed by atoms with Gasteiger partial charge in [-0.25, -0.2) is 15.0 Å². The number of hydrogen-bond acceptors (Lipinski definition) is 5. The van der Waals surface area contributed by atoms with Crippen LogP contribution in [0.5, 0.6) is 0 Å². The monoisotopic (exact) mass is 346 g/mol. The van der Waals surface area contributed by atoms with E-state index in [1.165, 1.54) is 6.33 Å². The Morgan fingerprint density at radius 2 is 2.29 bits per heavy atom. The molecule has 7 heteroatoms. The Balaban J connectivity index is 1.99. The van der Waals surface area contributed by atoms with Gasteiger partial charge in [0.25, 0.3) is 0 Å². The van der Waals surface area contributed by atoms with Crippen LogP contribution in [0.25, 0.3) is 11.2 Å². The number of fused-ring (bicyclic) bond motifs is 1. The van der Waals surface area contributed by atoms with E-state index in [1.807, 2.05) is 4.57 Å². The Morgan fingerprint density at radius 3 is 3.06 bits per heavy atom. The van der Waals surface area contributed by atoms with Gasteiger partial charge in [-0.05, 0) is 35.4 Å². The first-order chi connectivity index (χ1) is 8.29. The fraction of sp³-hybridized carbons (Fsp3) is 0.500. The minimum absolute atomic E-state index is 0.0651. The predicted molar refractivity (Wildman–Crippen MR) is 68.3 cm³/mol.